The van der Waals surface area contributed by atoms with Crippen molar-refractivity contribution in [3.05, 3.63) is 24.2 Å². The van der Waals surface area contributed by atoms with E-state index in [1.54, 1.807) is 6.26 Å². The number of hydrogen-bond donors (Lipinski definition) is 1. The maximum Gasteiger partial charge on any atom is 0.0950 e. The third kappa shape index (κ3) is 2.24. The maximum absolute atomic E-state index is 5.15. The Hall–Kier alpha value is -0.800. The van der Waals surface area contributed by atoms with Gasteiger partial charge in [-0.3, -0.25) is 4.90 Å². The van der Waals surface area contributed by atoms with Crippen LogP contribution in [0.5, 0.6) is 0 Å². The van der Waals surface area contributed by atoms with Crippen LogP contribution in [0.1, 0.15) is 31.4 Å². The van der Waals surface area contributed by atoms with Crippen LogP contribution in [0, 0.1) is 0 Å². The SMILES string of the molecule is CNCC1CCCN1C(C)c1ccoc1. The number of nitrogens with zero attached hydrogens (tertiary/aromatic N) is 1. The first-order chi connectivity index (χ1) is 7.33. The molecule has 1 saturated heterocycles. The molecule has 0 amide bonds. The third-order valence-electron chi connectivity index (χ3n) is 3.39. The largest absolute Gasteiger partial charge is 0.472 e. The molecule has 2 rings (SSSR count). The molecule has 2 atom stereocenters. The number of hydrogen-bond acceptors (Lipinski definition) is 3. The Balaban J connectivity index is 2.03. The summed E-state index contributed by atoms with van der Waals surface area (Å²) >= 11 is 0. The predicted octanol–water partition coefficient (Wildman–Crippen LogP) is 2.02. The van der Waals surface area contributed by atoms with E-state index in [2.05, 4.69) is 23.2 Å². The van der Waals surface area contributed by atoms with Crippen molar-refractivity contribution in [3.63, 3.8) is 0 Å². The number of furan rings is 1. The molecule has 1 aromatic heterocycles. The summed E-state index contributed by atoms with van der Waals surface area (Å²) in [6.45, 7) is 4.56. The molecule has 1 aliphatic heterocycles. The lowest BCUT2D eigenvalue weighted by atomic mass is 10.1. The maximum atomic E-state index is 5.15. The first-order valence-corrected chi connectivity index (χ1v) is 5.75. The van der Waals surface area contributed by atoms with E-state index in [1.807, 2.05) is 13.3 Å². The molecule has 1 aromatic rings. The quantitative estimate of drug-likeness (QED) is 0.820. The van der Waals surface area contributed by atoms with Crippen molar-refractivity contribution in [2.24, 2.45) is 0 Å². The lowest BCUT2D eigenvalue weighted by Crippen LogP contribution is -2.38. The molecule has 0 saturated carbocycles. The molecule has 2 heterocycles. The second-order valence-corrected chi connectivity index (χ2v) is 4.32. The topological polar surface area (TPSA) is 28.4 Å². The van der Waals surface area contributed by atoms with Gasteiger partial charge in [-0.15, -0.1) is 0 Å². The van der Waals surface area contributed by atoms with Gasteiger partial charge in [0, 0.05) is 24.2 Å². The molecule has 3 nitrogen and oxygen atoms in total. The van der Waals surface area contributed by atoms with Crippen molar-refractivity contribution in [1.29, 1.82) is 0 Å². The summed E-state index contributed by atoms with van der Waals surface area (Å²) in [6.07, 6.45) is 6.24. The highest BCUT2D eigenvalue weighted by atomic mass is 16.3. The number of likely N-dealkylation sites (N-methyl/N-ethyl adjacent to an activating group) is 1. The highest BCUT2D eigenvalue weighted by molar-refractivity contribution is 5.11. The van der Waals surface area contributed by atoms with Crippen molar-refractivity contribution < 1.29 is 4.42 Å². The molecule has 84 valence electrons. The second-order valence-electron chi connectivity index (χ2n) is 4.32. The predicted molar refractivity (Wildman–Crippen MR) is 60.8 cm³/mol. The minimum atomic E-state index is 0.476. The summed E-state index contributed by atoms with van der Waals surface area (Å²) in [5.74, 6) is 0. The molecule has 0 spiro atoms. The molecule has 2 unspecified atom stereocenters. The second kappa shape index (κ2) is 4.81. The summed E-state index contributed by atoms with van der Waals surface area (Å²) in [5.41, 5.74) is 1.29. The van der Waals surface area contributed by atoms with E-state index < -0.39 is 0 Å². The number of nitrogens with one attached hydrogen (secondary N) is 1. The smallest absolute Gasteiger partial charge is 0.0950 e. The van der Waals surface area contributed by atoms with Crippen LogP contribution in [-0.2, 0) is 0 Å². The Morgan fingerprint density at radius 3 is 3.20 bits per heavy atom. The van der Waals surface area contributed by atoms with Crippen LogP contribution < -0.4 is 5.32 Å². The van der Waals surface area contributed by atoms with Crippen LogP contribution in [0.25, 0.3) is 0 Å². The van der Waals surface area contributed by atoms with Gasteiger partial charge >= 0.3 is 0 Å². The average molecular weight is 208 g/mol. The van der Waals surface area contributed by atoms with E-state index in [1.165, 1.54) is 24.9 Å². The standard InChI is InChI=1S/C12H20N2O/c1-10(11-5-7-15-9-11)14-6-3-4-12(14)8-13-2/h5,7,9-10,12-13H,3-4,6,8H2,1-2H3. The van der Waals surface area contributed by atoms with E-state index in [4.69, 9.17) is 4.42 Å². The van der Waals surface area contributed by atoms with Crippen molar-refractivity contribution in [3.8, 4) is 0 Å². The van der Waals surface area contributed by atoms with Crippen molar-refractivity contribution in [1.82, 2.24) is 10.2 Å². The molecule has 0 bridgehead atoms. The van der Waals surface area contributed by atoms with Crippen molar-refractivity contribution in [2.75, 3.05) is 20.1 Å². The van der Waals surface area contributed by atoms with E-state index in [9.17, 15) is 0 Å². The molecule has 1 fully saturated rings. The average Bonchev–Trinajstić information content (AvgIpc) is 2.87. The summed E-state index contributed by atoms with van der Waals surface area (Å²) in [5, 5.41) is 3.27. The van der Waals surface area contributed by atoms with Crippen molar-refractivity contribution in [2.45, 2.75) is 31.8 Å². The van der Waals surface area contributed by atoms with Crippen molar-refractivity contribution >= 4 is 0 Å². The third-order valence-corrected chi connectivity index (χ3v) is 3.39. The number of likely N-dealkylation sites (tertiary alicyclic amines) is 1. The molecule has 0 aromatic carbocycles. The Morgan fingerprint density at radius 2 is 2.53 bits per heavy atom. The van der Waals surface area contributed by atoms with Gasteiger partial charge in [-0.25, -0.2) is 0 Å². The van der Waals surface area contributed by atoms with Gasteiger partial charge in [0.1, 0.15) is 0 Å². The van der Waals surface area contributed by atoms with Gasteiger partial charge in [-0.2, -0.15) is 0 Å². The van der Waals surface area contributed by atoms with E-state index in [0.29, 0.717) is 12.1 Å². The van der Waals surface area contributed by atoms with Gasteiger partial charge in [0.25, 0.3) is 0 Å². The van der Waals surface area contributed by atoms with Gasteiger partial charge in [-0.05, 0) is 39.4 Å². The summed E-state index contributed by atoms with van der Waals surface area (Å²) in [4.78, 5) is 2.57. The van der Waals surface area contributed by atoms with Gasteiger partial charge in [0.2, 0.25) is 0 Å². The fourth-order valence-corrected chi connectivity index (χ4v) is 2.53. The molecule has 0 aliphatic carbocycles. The summed E-state index contributed by atoms with van der Waals surface area (Å²) < 4.78 is 5.15. The monoisotopic (exact) mass is 208 g/mol. The van der Waals surface area contributed by atoms with Gasteiger partial charge < -0.3 is 9.73 Å². The van der Waals surface area contributed by atoms with Gasteiger partial charge in [0.05, 0.1) is 12.5 Å². The minimum Gasteiger partial charge on any atom is -0.472 e. The van der Waals surface area contributed by atoms with Crippen LogP contribution in [0.2, 0.25) is 0 Å². The zero-order chi connectivity index (χ0) is 10.7. The van der Waals surface area contributed by atoms with E-state index in [-0.39, 0.29) is 0 Å². The van der Waals surface area contributed by atoms with Gasteiger partial charge in [0.15, 0.2) is 0 Å². The van der Waals surface area contributed by atoms with Crippen LogP contribution in [-0.4, -0.2) is 31.1 Å². The Morgan fingerprint density at radius 1 is 1.67 bits per heavy atom. The zero-order valence-electron chi connectivity index (χ0n) is 9.57. The van der Waals surface area contributed by atoms with Crippen LogP contribution in [0.4, 0.5) is 0 Å². The van der Waals surface area contributed by atoms with Crippen LogP contribution in [0.15, 0.2) is 23.0 Å². The summed E-state index contributed by atoms with van der Waals surface area (Å²) in [7, 11) is 2.03. The normalized spacial score (nSPS) is 24.5. The molecule has 1 aliphatic rings. The molecule has 0 radical (unpaired) electrons. The highest BCUT2D eigenvalue weighted by Gasteiger charge is 2.28. The molecule has 3 heteroatoms. The zero-order valence-corrected chi connectivity index (χ0v) is 9.57. The summed E-state index contributed by atoms with van der Waals surface area (Å²) in [6, 6.07) is 3.23. The van der Waals surface area contributed by atoms with Crippen LogP contribution in [0.3, 0.4) is 0 Å². The molecule has 1 N–H and O–H groups in total. The molecule has 15 heavy (non-hydrogen) atoms. The lowest BCUT2D eigenvalue weighted by Gasteiger charge is -2.29. The fourth-order valence-electron chi connectivity index (χ4n) is 2.53. The van der Waals surface area contributed by atoms with E-state index in [0.717, 1.165) is 6.54 Å². The lowest BCUT2D eigenvalue weighted by molar-refractivity contribution is 0.190. The van der Waals surface area contributed by atoms with E-state index >= 15 is 0 Å². The fraction of sp³-hybridized carbons (Fsp3) is 0.667. The molecular formula is C12H20N2O. The number of rotatable bonds is 4. The Bertz CT molecular complexity index is 284. The highest BCUT2D eigenvalue weighted by Crippen LogP contribution is 2.28. The first kappa shape index (κ1) is 10.7. The molecular weight excluding hydrogens is 188 g/mol. The van der Waals surface area contributed by atoms with Crippen LogP contribution >= 0.6 is 0 Å². The minimum absolute atomic E-state index is 0.476. The van der Waals surface area contributed by atoms with Gasteiger partial charge in [-0.1, -0.05) is 0 Å². The first-order valence-electron chi connectivity index (χ1n) is 5.75. The Labute approximate surface area is 91.4 Å². The Kier molecular flexibility index (Phi) is 3.44.